The number of carbonyl (C=O) groups is 2. The van der Waals surface area contributed by atoms with Crippen molar-refractivity contribution in [2.24, 2.45) is 0 Å². The fraction of sp³-hybridized carbons (Fsp3) is 0.360. The summed E-state index contributed by atoms with van der Waals surface area (Å²) >= 11 is 1.45. The summed E-state index contributed by atoms with van der Waals surface area (Å²) in [6.45, 7) is 3.24. The number of carbonyl (C=O) groups excluding carboxylic acids is 2. The van der Waals surface area contributed by atoms with E-state index in [2.05, 4.69) is 16.4 Å². The summed E-state index contributed by atoms with van der Waals surface area (Å²) in [7, 11) is 1.58. The van der Waals surface area contributed by atoms with Crippen LogP contribution in [0.15, 0.2) is 24.3 Å². The minimum atomic E-state index is -1.03. The van der Waals surface area contributed by atoms with Gasteiger partial charge in [0, 0.05) is 16.3 Å². The number of nitrogens with one attached hydrogen (secondary N) is 1. The maximum absolute atomic E-state index is 12.8. The van der Waals surface area contributed by atoms with E-state index in [0.29, 0.717) is 33.1 Å². The van der Waals surface area contributed by atoms with E-state index >= 15 is 0 Å². The molecule has 0 spiro atoms. The molecule has 1 aromatic carbocycles. The van der Waals surface area contributed by atoms with E-state index in [9.17, 15) is 14.9 Å². The molecular weight excluding hydrogens is 438 g/mol. The van der Waals surface area contributed by atoms with Crippen molar-refractivity contribution in [3.63, 3.8) is 0 Å². The summed E-state index contributed by atoms with van der Waals surface area (Å²) in [4.78, 5) is 31.2. The average molecular weight is 464 g/mol. The highest BCUT2D eigenvalue weighted by Crippen LogP contribution is 2.37. The van der Waals surface area contributed by atoms with Gasteiger partial charge in [-0.3, -0.25) is 9.78 Å². The van der Waals surface area contributed by atoms with Crippen LogP contribution in [0, 0.1) is 18.3 Å². The molecule has 1 aliphatic carbocycles. The summed E-state index contributed by atoms with van der Waals surface area (Å²) < 4.78 is 10.7. The Balaban J connectivity index is 1.49. The quantitative estimate of drug-likeness (QED) is 0.425. The Kier molecular flexibility index (Phi) is 6.61. The Hall–Kier alpha value is -3.44. The normalized spacial score (nSPS) is 14.0. The molecule has 3 aromatic rings. The number of nitrogens with zero attached hydrogens (tertiary/aromatic N) is 2. The molecule has 1 atom stereocenters. The lowest BCUT2D eigenvalue weighted by Gasteiger charge is -2.14. The minimum Gasteiger partial charge on any atom is -0.497 e. The highest BCUT2D eigenvalue weighted by Gasteiger charge is 2.25. The molecule has 0 saturated carbocycles. The number of anilines is 1. The van der Waals surface area contributed by atoms with E-state index in [4.69, 9.17) is 9.47 Å². The highest BCUT2D eigenvalue weighted by molar-refractivity contribution is 7.16. The number of amides is 1. The number of rotatable bonds is 5. The third-order valence-corrected chi connectivity index (χ3v) is 7.07. The number of pyridine rings is 1. The zero-order valence-electron chi connectivity index (χ0n) is 18.9. The summed E-state index contributed by atoms with van der Waals surface area (Å²) in [5.41, 5.74) is 3.09. The second-order valence-electron chi connectivity index (χ2n) is 8.10. The molecule has 0 aliphatic heterocycles. The van der Waals surface area contributed by atoms with Gasteiger partial charge in [0.25, 0.3) is 5.91 Å². The smallest absolute Gasteiger partial charge is 0.340 e. The predicted molar refractivity (Wildman–Crippen MR) is 127 cm³/mol. The largest absolute Gasteiger partial charge is 0.497 e. The molecule has 1 aliphatic rings. The van der Waals surface area contributed by atoms with Gasteiger partial charge < -0.3 is 14.8 Å². The molecule has 0 fully saturated rings. The molecule has 1 unspecified atom stereocenters. The lowest BCUT2D eigenvalue weighted by molar-refractivity contribution is -0.123. The number of hydrogen-bond acceptors (Lipinski definition) is 7. The maximum atomic E-state index is 12.8. The fourth-order valence-electron chi connectivity index (χ4n) is 4.02. The Morgan fingerprint density at radius 2 is 2.00 bits per heavy atom. The number of nitriles is 1. The first kappa shape index (κ1) is 22.7. The van der Waals surface area contributed by atoms with Gasteiger partial charge in [-0.25, -0.2) is 4.79 Å². The van der Waals surface area contributed by atoms with Crippen LogP contribution in [0.1, 0.15) is 58.2 Å². The first-order valence-electron chi connectivity index (χ1n) is 10.9. The van der Waals surface area contributed by atoms with Crippen molar-refractivity contribution in [2.75, 3.05) is 12.4 Å². The number of aryl methyl sites for hydroxylation is 2. The van der Waals surface area contributed by atoms with Crippen molar-refractivity contribution in [3.05, 3.63) is 51.5 Å². The van der Waals surface area contributed by atoms with E-state index in [1.54, 1.807) is 32.2 Å². The molecule has 8 heteroatoms. The highest BCUT2D eigenvalue weighted by atomic mass is 32.1. The average Bonchev–Trinajstić information content (AvgIpc) is 2.96. The zero-order valence-corrected chi connectivity index (χ0v) is 19.7. The van der Waals surface area contributed by atoms with Gasteiger partial charge >= 0.3 is 5.97 Å². The molecule has 0 radical (unpaired) electrons. The molecule has 33 heavy (non-hydrogen) atoms. The van der Waals surface area contributed by atoms with E-state index in [-0.39, 0.29) is 0 Å². The van der Waals surface area contributed by atoms with E-state index in [1.807, 2.05) is 6.07 Å². The molecule has 7 nitrogen and oxygen atoms in total. The lowest BCUT2D eigenvalue weighted by Crippen LogP contribution is -2.30. The second-order valence-corrected chi connectivity index (χ2v) is 9.20. The number of aromatic nitrogens is 1. The Morgan fingerprint density at radius 3 is 2.76 bits per heavy atom. The third kappa shape index (κ3) is 4.69. The number of benzene rings is 1. The lowest BCUT2D eigenvalue weighted by atomic mass is 10.1. The van der Waals surface area contributed by atoms with Crippen LogP contribution in [0.25, 0.3) is 10.9 Å². The number of fused-ring (bicyclic) bond motifs is 2. The van der Waals surface area contributed by atoms with Crippen LogP contribution >= 0.6 is 11.3 Å². The summed E-state index contributed by atoms with van der Waals surface area (Å²) in [5.74, 6) is -0.409. The van der Waals surface area contributed by atoms with Crippen molar-refractivity contribution >= 4 is 39.1 Å². The van der Waals surface area contributed by atoms with Crippen molar-refractivity contribution < 1.29 is 19.1 Å². The third-order valence-electron chi connectivity index (χ3n) is 5.86. The monoisotopic (exact) mass is 463 g/mol. The van der Waals surface area contributed by atoms with Gasteiger partial charge in [-0.1, -0.05) is 6.42 Å². The predicted octanol–water partition coefficient (Wildman–Crippen LogP) is 4.94. The van der Waals surface area contributed by atoms with Crippen molar-refractivity contribution in [3.8, 4) is 11.8 Å². The standard InChI is InChI=1S/C25H25N3O4S/c1-14-19(11-16-9-10-17(31-3)12-21(16)27-14)25(30)32-15(2)23(29)28-24-20(13-26)18-7-5-4-6-8-22(18)33-24/h9-12,15H,4-8H2,1-3H3,(H,28,29). The Bertz CT molecular complexity index is 1270. The molecule has 1 N–H and O–H groups in total. The summed E-state index contributed by atoms with van der Waals surface area (Å²) in [5, 5.41) is 13.8. The fourth-order valence-corrected chi connectivity index (χ4v) is 5.26. The van der Waals surface area contributed by atoms with E-state index < -0.39 is 18.0 Å². The summed E-state index contributed by atoms with van der Waals surface area (Å²) in [6, 6.07) is 9.35. The van der Waals surface area contributed by atoms with Gasteiger partial charge in [-0.05, 0) is 63.3 Å². The number of ether oxygens (including phenoxy) is 2. The molecular formula is C25H25N3O4S. The number of esters is 1. The first-order valence-corrected chi connectivity index (χ1v) is 11.7. The van der Waals surface area contributed by atoms with Crippen LogP contribution < -0.4 is 10.1 Å². The molecule has 1 amide bonds. The molecule has 4 rings (SSSR count). The van der Waals surface area contributed by atoms with Crippen LogP contribution in [-0.4, -0.2) is 30.1 Å². The number of methoxy groups -OCH3 is 1. The molecule has 0 bridgehead atoms. The molecule has 0 saturated heterocycles. The Labute approximate surface area is 196 Å². The zero-order chi connectivity index (χ0) is 23.5. The Morgan fingerprint density at radius 1 is 1.21 bits per heavy atom. The second kappa shape index (κ2) is 9.59. The van der Waals surface area contributed by atoms with Gasteiger partial charge in [-0.2, -0.15) is 5.26 Å². The van der Waals surface area contributed by atoms with Crippen molar-refractivity contribution in [2.45, 2.75) is 52.1 Å². The van der Waals surface area contributed by atoms with Crippen molar-refractivity contribution in [1.29, 1.82) is 5.26 Å². The van der Waals surface area contributed by atoms with Crippen LogP contribution in [0.2, 0.25) is 0 Å². The van der Waals surface area contributed by atoms with Gasteiger partial charge in [-0.15, -0.1) is 11.3 Å². The van der Waals surface area contributed by atoms with E-state index in [0.717, 1.165) is 43.1 Å². The van der Waals surface area contributed by atoms with Gasteiger partial charge in [0.15, 0.2) is 6.10 Å². The van der Waals surface area contributed by atoms with Gasteiger partial charge in [0.1, 0.15) is 16.8 Å². The van der Waals surface area contributed by atoms with Crippen LogP contribution in [0.3, 0.4) is 0 Å². The summed E-state index contributed by atoms with van der Waals surface area (Å²) in [6.07, 6.45) is 4.04. The van der Waals surface area contributed by atoms with Crippen molar-refractivity contribution in [1.82, 2.24) is 4.98 Å². The van der Waals surface area contributed by atoms with Crippen LogP contribution in [0.4, 0.5) is 5.00 Å². The van der Waals surface area contributed by atoms with E-state index in [1.165, 1.54) is 23.1 Å². The minimum absolute atomic E-state index is 0.299. The number of hydrogen-bond donors (Lipinski definition) is 1. The molecule has 2 aromatic heterocycles. The molecule has 2 heterocycles. The number of thiophene rings is 1. The van der Waals surface area contributed by atoms with Gasteiger partial charge in [0.2, 0.25) is 0 Å². The molecule has 170 valence electrons. The van der Waals surface area contributed by atoms with Crippen LogP contribution in [0.5, 0.6) is 5.75 Å². The SMILES string of the molecule is COc1ccc2cc(C(=O)OC(C)C(=O)Nc3sc4c(c3C#N)CCCCC4)c(C)nc2c1. The van der Waals surface area contributed by atoms with Gasteiger partial charge in [0.05, 0.1) is 29.4 Å². The first-order chi connectivity index (χ1) is 15.9. The maximum Gasteiger partial charge on any atom is 0.340 e. The van der Waals surface area contributed by atoms with Crippen LogP contribution in [-0.2, 0) is 22.4 Å². The topological polar surface area (TPSA) is 101 Å².